The van der Waals surface area contributed by atoms with Crippen molar-refractivity contribution in [2.45, 2.75) is 6.54 Å². The Morgan fingerprint density at radius 3 is 2.68 bits per heavy atom. The number of aromatic nitrogens is 3. The largest absolute Gasteiger partial charge is 0.454 e. The van der Waals surface area contributed by atoms with Gasteiger partial charge in [-0.25, -0.2) is 4.68 Å². The zero-order chi connectivity index (χ0) is 17.4. The molecule has 8 nitrogen and oxygen atoms in total. The minimum Gasteiger partial charge on any atom is -0.454 e. The minimum atomic E-state index is -0.176. The van der Waals surface area contributed by atoms with E-state index in [4.69, 9.17) is 21.1 Å². The molecule has 0 N–H and O–H groups in total. The highest BCUT2D eigenvalue weighted by atomic mass is 35.5. The molecule has 0 spiro atoms. The molecule has 0 bridgehead atoms. The molecule has 2 aliphatic heterocycles. The molecule has 0 saturated carbocycles. The van der Waals surface area contributed by atoms with E-state index in [0.717, 1.165) is 31.1 Å². The summed E-state index contributed by atoms with van der Waals surface area (Å²) in [4.78, 5) is 20.5. The Kier molecular flexibility index (Phi) is 4.22. The van der Waals surface area contributed by atoms with Crippen LogP contribution >= 0.6 is 11.6 Å². The zero-order valence-electron chi connectivity index (χ0n) is 13.8. The Morgan fingerprint density at radius 1 is 1.20 bits per heavy atom. The summed E-state index contributed by atoms with van der Waals surface area (Å²) in [7, 11) is 1.66. The van der Waals surface area contributed by atoms with Crippen LogP contribution in [0.5, 0.6) is 11.5 Å². The Balaban J connectivity index is 1.34. The maximum atomic E-state index is 12.4. The molecule has 0 unspecified atom stereocenters. The number of hydrogen-bond acceptors (Lipinski definition) is 6. The van der Waals surface area contributed by atoms with Crippen LogP contribution in [0.25, 0.3) is 0 Å². The maximum absolute atomic E-state index is 12.4. The molecule has 1 saturated heterocycles. The molecule has 1 aromatic carbocycles. The van der Waals surface area contributed by atoms with Crippen molar-refractivity contribution in [3.8, 4) is 11.5 Å². The van der Waals surface area contributed by atoms with Gasteiger partial charge in [-0.2, -0.15) is 4.98 Å². The number of carbonyl (C=O) groups excluding carboxylic acids is 1. The smallest absolute Gasteiger partial charge is 0.293 e. The number of hydrogen-bond donors (Lipinski definition) is 0. The van der Waals surface area contributed by atoms with Crippen molar-refractivity contribution in [3.05, 3.63) is 34.9 Å². The van der Waals surface area contributed by atoms with Gasteiger partial charge in [-0.15, -0.1) is 5.10 Å². The number of aryl methyl sites for hydroxylation is 1. The fourth-order valence-corrected chi connectivity index (χ4v) is 3.12. The summed E-state index contributed by atoms with van der Waals surface area (Å²) >= 11 is 5.86. The average Bonchev–Trinajstić information content (AvgIpc) is 3.21. The van der Waals surface area contributed by atoms with Gasteiger partial charge in [-0.3, -0.25) is 9.69 Å². The van der Waals surface area contributed by atoms with Gasteiger partial charge in [-0.1, -0.05) is 6.07 Å². The number of carbonyl (C=O) groups is 1. The van der Waals surface area contributed by atoms with Crippen LogP contribution < -0.4 is 9.47 Å². The normalized spacial score (nSPS) is 17.1. The minimum absolute atomic E-state index is 0.150. The van der Waals surface area contributed by atoms with E-state index < -0.39 is 0 Å². The molecule has 1 aromatic heterocycles. The Labute approximate surface area is 149 Å². The molecule has 1 amide bonds. The molecular weight excluding hydrogens is 346 g/mol. The van der Waals surface area contributed by atoms with E-state index in [0.29, 0.717) is 13.1 Å². The number of halogens is 1. The Bertz CT molecular complexity index is 782. The highest BCUT2D eigenvalue weighted by Crippen LogP contribution is 2.32. The predicted octanol–water partition coefficient (Wildman–Crippen LogP) is 1.16. The van der Waals surface area contributed by atoms with Crippen LogP contribution in [0, 0.1) is 0 Å². The summed E-state index contributed by atoms with van der Waals surface area (Å²) in [5, 5.41) is 4.26. The van der Waals surface area contributed by atoms with E-state index in [9.17, 15) is 4.79 Å². The molecular formula is C16H18ClN5O3. The first-order valence-corrected chi connectivity index (χ1v) is 8.44. The highest BCUT2D eigenvalue weighted by molar-refractivity contribution is 6.28. The molecule has 2 aromatic rings. The van der Waals surface area contributed by atoms with Crippen molar-refractivity contribution in [2.24, 2.45) is 7.05 Å². The molecule has 3 heterocycles. The first-order valence-electron chi connectivity index (χ1n) is 8.07. The van der Waals surface area contributed by atoms with E-state index in [2.05, 4.69) is 15.0 Å². The predicted molar refractivity (Wildman–Crippen MR) is 89.8 cm³/mol. The van der Waals surface area contributed by atoms with Crippen LogP contribution in [0.4, 0.5) is 0 Å². The van der Waals surface area contributed by atoms with Crippen molar-refractivity contribution in [2.75, 3.05) is 33.0 Å². The number of fused-ring (bicyclic) bond motifs is 1. The highest BCUT2D eigenvalue weighted by Gasteiger charge is 2.25. The standard InChI is InChI=1S/C16H18ClN5O3/c1-20-16(17)18-14(19-20)15(23)22-6-4-21(5-7-22)9-11-2-3-12-13(8-11)25-10-24-12/h2-3,8H,4-7,9-10H2,1H3. The number of rotatable bonds is 3. The van der Waals surface area contributed by atoms with Crippen molar-refractivity contribution in [3.63, 3.8) is 0 Å². The lowest BCUT2D eigenvalue weighted by atomic mass is 10.1. The van der Waals surface area contributed by atoms with E-state index in [-0.39, 0.29) is 23.8 Å². The van der Waals surface area contributed by atoms with Crippen LogP contribution in [0.2, 0.25) is 5.28 Å². The summed E-state index contributed by atoms with van der Waals surface area (Å²) in [5.74, 6) is 1.56. The van der Waals surface area contributed by atoms with Crippen molar-refractivity contribution >= 4 is 17.5 Å². The lowest BCUT2D eigenvalue weighted by Crippen LogP contribution is -2.48. The topological polar surface area (TPSA) is 72.7 Å². The van der Waals surface area contributed by atoms with Gasteiger partial charge in [0, 0.05) is 39.8 Å². The van der Waals surface area contributed by atoms with Gasteiger partial charge >= 0.3 is 0 Å². The second kappa shape index (κ2) is 6.53. The number of amides is 1. The Hall–Kier alpha value is -2.32. The number of ether oxygens (including phenoxy) is 2. The zero-order valence-corrected chi connectivity index (χ0v) is 14.6. The first kappa shape index (κ1) is 16.2. The molecule has 25 heavy (non-hydrogen) atoms. The number of nitrogens with zero attached hydrogens (tertiary/aromatic N) is 5. The molecule has 0 atom stereocenters. The summed E-state index contributed by atoms with van der Waals surface area (Å²) < 4.78 is 12.1. The molecule has 9 heteroatoms. The lowest BCUT2D eigenvalue weighted by Gasteiger charge is -2.34. The van der Waals surface area contributed by atoms with E-state index in [1.165, 1.54) is 10.2 Å². The van der Waals surface area contributed by atoms with Crippen LogP contribution in [0.15, 0.2) is 18.2 Å². The van der Waals surface area contributed by atoms with Crippen LogP contribution in [-0.4, -0.2) is 63.4 Å². The van der Waals surface area contributed by atoms with Gasteiger partial charge in [0.1, 0.15) is 0 Å². The van der Waals surface area contributed by atoms with Gasteiger partial charge in [-0.05, 0) is 29.3 Å². The Morgan fingerprint density at radius 2 is 1.96 bits per heavy atom. The molecule has 1 fully saturated rings. The van der Waals surface area contributed by atoms with E-state index in [1.807, 2.05) is 18.2 Å². The molecule has 2 aliphatic rings. The van der Waals surface area contributed by atoms with Gasteiger partial charge in [0.2, 0.25) is 17.9 Å². The average molecular weight is 364 g/mol. The van der Waals surface area contributed by atoms with E-state index in [1.54, 1.807) is 11.9 Å². The van der Waals surface area contributed by atoms with Crippen LogP contribution in [-0.2, 0) is 13.6 Å². The first-order chi connectivity index (χ1) is 12.1. The fourth-order valence-electron chi connectivity index (χ4n) is 3.00. The molecule has 0 aliphatic carbocycles. The third-order valence-electron chi connectivity index (χ3n) is 4.40. The fraction of sp³-hybridized carbons (Fsp3) is 0.438. The SMILES string of the molecule is Cn1nc(C(=O)N2CCN(Cc3ccc4c(c3)OCO4)CC2)nc1Cl. The maximum Gasteiger partial charge on any atom is 0.293 e. The lowest BCUT2D eigenvalue weighted by molar-refractivity contribution is 0.0616. The van der Waals surface area contributed by atoms with Crippen LogP contribution in [0.1, 0.15) is 16.2 Å². The third-order valence-corrected chi connectivity index (χ3v) is 4.73. The van der Waals surface area contributed by atoms with Gasteiger partial charge in [0.15, 0.2) is 11.5 Å². The number of piperazine rings is 1. The summed E-state index contributed by atoms with van der Waals surface area (Å²) in [6.45, 7) is 3.96. The molecule has 132 valence electrons. The van der Waals surface area contributed by atoms with Gasteiger partial charge < -0.3 is 14.4 Å². The van der Waals surface area contributed by atoms with Crippen LogP contribution in [0.3, 0.4) is 0 Å². The third kappa shape index (κ3) is 3.27. The summed E-state index contributed by atoms with van der Waals surface area (Å²) in [5.41, 5.74) is 1.17. The molecule has 4 rings (SSSR count). The second-order valence-electron chi connectivity index (χ2n) is 6.08. The summed E-state index contributed by atoms with van der Waals surface area (Å²) in [6.07, 6.45) is 0. The van der Waals surface area contributed by atoms with Crippen molar-refractivity contribution < 1.29 is 14.3 Å². The second-order valence-corrected chi connectivity index (χ2v) is 6.42. The van der Waals surface area contributed by atoms with Gasteiger partial charge in [0.25, 0.3) is 5.91 Å². The van der Waals surface area contributed by atoms with E-state index >= 15 is 0 Å². The quantitative estimate of drug-likeness (QED) is 0.814. The molecule has 0 radical (unpaired) electrons. The van der Waals surface area contributed by atoms with Crippen molar-refractivity contribution in [1.29, 1.82) is 0 Å². The van der Waals surface area contributed by atoms with Crippen molar-refractivity contribution in [1.82, 2.24) is 24.6 Å². The van der Waals surface area contributed by atoms with Gasteiger partial charge in [0.05, 0.1) is 0 Å². The monoisotopic (exact) mass is 363 g/mol. The summed E-state index contributed by atoms with van der Waals surface area (Å²) in [6, 6.07) is 6.00. The number of benzene rings is 1.